The minimum Gasteiger partial charge on any atom is -0.356 e. The number of hydrogen-bond donors (Lipinski definition) is 2. The Hall–Kier alpha value is -1.03. The van der Waals surface area contributed by atoms with Gasteiger partial charge in [-0.2, -0.15) is 5.26 Å². The van der Waals surface area contributed by atoms with Crippen LogP contribution in [0.15, 0.2) is 12.3 Å². The predicted octanol–water partition coefficient (Wildman–Crippen LogP) is 1.26. The molecule has 0 aliphatic rings. The van der Waals surface area contributed by atoms with Crippen molar-refractivity contribution in [2.24, 2.45) is 0 Å². The molecule has 68 valence electrons. The number of amides is 1. The number of nitriles is 1. The second-order valence-electron chi connectivity index (χ2n) is 2.56. The summed E-state index contributed by atoms with van der Waals surface area (Å²) in [5.41, 5.74) is 0.478. The van der Waals surface area contributed by atoms with Crippen LogP contribution in [0.3, 0.4) is 0 Å². The first-order chi connectivity index (χ1) is 6.13. The highest BCUT2D eigenvalue weighted by atomic mass is 127. The van der Waals surface area contributed by atoms with E-state index in [4.69, 9.17) is 5.26 Å². The number of H-pyrrole nitrogens is 1. The SMILES string of the molecule is C[C@@H](C#N)NC(=O)c1cc(I)c[nH]1. The molecule has 0 saturated carbocycles. The zero-order valence-corrected chi connectivity index (χ0v) is 9.12. The van der Waals surface area contributed by atoms with E-state index in [0.29, 0.717) is 5.69 Å². The normalized spacial score (nSPS) is 11.8. The van der Waals surface area contributed by atoms with Crippen molar-refractivity contribution >= 4 is 28.5 Å². The number of hydrogen-bond acceptors (Lipinski definition) is 2. The van der Waals surface area contributed by atoms with Crippen LogP contribution in [0.1, 0.15) is 17.4 Å². The quantitative estimate of drug-likeness (QED) is 0.805. The lowest BCUT2D eigenvalue weighted by Crippen LogP contribution is -2.31. The van der Waals surface area contributed by atoms with Crippen LogP contribution in [-0.2, 0) is 0 Å². The molecule has 5 heteroatoms. The fourth-order valence-corrected chi connectivity index (χ4v) is 1.27. The molecule has 0 aliphatic heterocycles. The standard InChI is InChI=1S/C8H8IN3O/c1-5(3-10)12-8(13)7-2-6(9)4-11-7/h2,4-5,11H,1H3,(H,12,13)/t5-/m0/s1. The van der Waals surface area contributed by atoms with Crippen LogP contribution in [0.5, 0.6) is 0 Å². The van der Waals surface area contributed by atoms with Crippen molar-refractivity contribution < 1.29 is 4.79 Å². The largest absolute Gasteiger partial charge is 0.356 e. The smallest absolute Gasteiger partial charge is 0.268 e. The summed E-state index contributed by atoms with van der Waals surface area (Å²) in [7, 11) is 0. The van der Waals surface area contributed by atoms with Crippen molar-refractivity contribution in [1.29, 1.82) is 5.26 Å². The number of halogens is 1. The van der Waals surface area contributed by atoms with Gasteiger partial charge in [-0.1, -0.05) is 0 Å². The van der Waals surface area contributed by atoms with Crippen molar-refractivity contribution in [2.45, 2.75) is 13.0 Å². The first-order valence-electron chi connectivity index (χ1n) is 3.68. The Morgan fingerprint density at radius 1 is 1.85 bits per heavy atom. The molecule has 2 N–H and O–H groups in total. The Morgan fingerprint density at radius 3 is 3.00 bits per heavy atom. The third kappa shape index (κ3) is 2.73. The molecular weight excluding hydrogens is 281 g/mol. The number of aromatic nitrogens is 1. The van der Waals surface area contributed by atoms with Crippen LogP contribution in [0, 0.1) is 14.9 Å². The lowest BCUT2D eigenvalue weighted by molar-refractivity contribution is 0.0943. The van der Waals surface area contributed by atoms with E-state index < -0.39 is 6.04 Å². The lowest BCUT2D eigenvalue weighted by Gasteiger charge is -2.03. The highest BCUT2D eigenvalue weighted by Crippen LogP contribution is 2.05. The van der Waals surface area contributed by atoms with Crippen LogP contribution < -0.4 is 5.32 Å². The van der Waals surface area contributed by atoms with E-state index in [0.717, 1.165) is 3.57 Å². The van der Waals surface area contributed by atoms with E-state index in [1.54, 1.807) is 19.2 Å². The van der Waals surface area contributed by atoms with E-state index >= 15 is 0 Å². The topological polar surface area (TPSA) is 68.7 Å². The Bertz CT molecular complexity index is 353. The van der Waals surface area contributed by atoms with E-state index in [1.165, 1.54) is 0 Å². The minimum absolute atomic E-state index is 0.253. The summed E-state index contributed by atoms with van der Waals surface area (Å²) in [6.45, 7) is 1.63. The Kier molecular flexibility index (Phi) is 3.31. The molecule has 0 spiro atoms. The molecule has 1 amide bonds. The molecule has 1 atom stereocenters. The molecule has 0 bridgehead atoms. The number of carbonyl (C=O) groups excluding carboxylic acids is 1. The van der Waals surface area contributed by atoms with Crippen LogP contribution in [-0.4, -0.2) is 16.9 Å². The zero-order valence-electron chi connectivity index (χ0n) is 6.97. The summed E-state index contributed by atoms with van der Waals surface area (Å²) >= 11 is 2.10. The highest BCUT2D eigenvalue weighted by Gasteiger charge is 2.09. The molecule has 4 nitrogen and oxygen atoms in total. The average Bonchev–Trinajstić information content (AvgIpc) is 2.51. The fourth-order valence-electron chi connectivity index (χ4n) is 0.806. The second kappa shape index (κ2) is 4.28. The van der Waals surface area contributed by atoms with Gasteiger partial charge >= 0.3 is 0 Å². The molecule has 1 heterocycles. The lowest BCUT2D eigenvalue weighted by atomic mass is 10.3. The van der Waals surface area contributed by atoms with Crippen LogP contribution >= 0.6 is 22.6 Å². The number of nitrogens with zero attached hydrogens (tertiary/aromatic N) is 1. The molecule has 13 heavy (non-hydrogen) atoms. The van der Waals surface area contributed by atoms with E-state index in [2.05, 4.69) is 32.9 Å². The van der Waals surface area contributed by atoms with Gasteiger partial charge in [0.05, 0.1) is 6.07 Å². The van der Waals surface area contributed by atoms with Gasteiger partial charge in [0.15, 0.2) is 0 Å². The maximum absolute atomic E-state index is 11.3. The Labute approximate surface area is 89.5 Å². The Balaban J connectivity index is 2.65. The summed E-state index contributed by atoms with van der Waals surface area (Å²) < 4.78 is 0.965. The van der Waals surface area contributed by atoms with Crippen LogP contribution in [0.4, 0.5) is 0 Å². The van der Waals surface area contributed by atoms with E-state index in [9.17, 15) is 4.79 Å². The summed E-state index contributed by atoms with van der Waals surface area (Å²) in [6, 6.07) is 3.18. The molecule has 1 aromatic heterocycles. The zero-order chi connectivity index (χ0) is 9.84. The van der Waals surface area contributed by atoms with Gasteiger partial charge in [0.1, 0.15) is 11.7 Å². The van der Waals surface area contributed by atoms with Gasteiger partial charge in [-0.3, -0.25) is 4.79 Å². The summed E-state index contributed by atoms with van der Waals surface area (Å²) in [5, 5.41) is 11.0. The molecule has 0 radical (unpaired) electrons. The van der Waals surface area contributed by atoms with Gasteiger partial charge in [-0.15, -0.1) is 0 Å². The van der Waals surface area contributed by atoms with Crippen molar-refractivity contribution in [2.75, 3.05) is 0 Å². The molecule has 0 saturated heterocycles. The van der Waals surface area contributed by atoms with Crippen molar-refractivity contribution in [3.63, 3.8) is 0 Å². The molecule has 1 rings (SSSR count). The number of carbonyl (C=O) groups is 1. The van der Waals surface area contributed by atoms with Gasteiger partial charge in [0.2, 0.25) is 0 Å². The van der Waals surface area contributed by atoms with Gasteiger partial charge in [0.25, 0.3) is 5.91 Å². The first kappa shape index (κ1) is 10.1. The maximum atomic E-state index is 11.3. The van der Waals surface area contributed by atoms with Crippen LogP contribution in [0.2, 0.25) is 0 Å². The van der Waals surface area contributed by atoms with E-state index in [1.807, 2.05) is 6.07 Å². The minimum atomic E-state index is -0.464. The summed E-state index contributed by atoms with van der Waals surface area (Å²) in [5.74, 6) is -0.253. The van der Waals surface area contributed by atoms with Crippen molar-refractivity contribution in [3.05, 3.63) is 21.5 Å². The number of aromatic amines is 1. The van der Waals surface area contributed by atoms with Crippen molar-refractivity contribution in [3.8, 4) is 6.07 Å². The molecule has 1 aromatic rings. The molecular formula is C8H8IN3O. The first-order valence-corrected chi connectivity index (χ1v) is 4.75. The molecule has 0 aliphatic carbocycles. The van der Waals surface area contributed by atoms with Crippen molar-refractivity contribution in [1.82, 2.24) is 10.3 Å². The number of nitrogens with one attached hydrogen (secondary N) is 2. The highest BCUT2D eigenvalue weighted by molar-refractivity contribution is 14.1. The second-order valence-corrected chi connectivity index (χ2v) is 3.80. The Morgan fingerprint density at radius 2 is 2.54 bits per heavy atom. The van der Waals surface area contributed by atoms with Gasteiger partial charge < -0.3 is 10.3 Å². The maximum Gasteiger partial charge on any atom is 0.268 e. The molecule has 0 unspecified atom stereocenters. The summed E-state index contributed by atoms with van der Waals surface area (Å²) in [4.78, 5) is 14.1. The van der Waals surface area contributed by atoms with E-state index in [-0.39, 0.29) is 5.91 Å². The third-order valence-corrected chi connectivity index (χ3v) is 2.06. The monoisotopic (exact) mass is 289 g/mol. The predicted molar refractivity (Wildman–Crippen MR) is 56.1 cm³/mol. The van der Waals surface area contributed by atoms with Gasteiger partial charge in [-0.05, 0) is 35.6 Å². The third-order valence-electron chi connectivity index (χ3n) is 1.43. The fraction of sp³-hybridized carbons (Fsp3) is 0.250. The van der Waals surface area contributed by atoms with Gasteiger partial charge in [-0.25, -0.2) is 0 Å². The molecule has 0 fully saturated rings. The molecule has 0 aromatic carbocycles. The summed E-state index contributed by atoms with van der Waals surface area (Å²) in [6.07, 6.45) is 1.73. The van der Waals surface area contributed by atoms with Crippen LogP contribution in [0.25, 0.3) is 0 Å². The van der Waals surface area contributed by atoms with Gasteiger partial charge in [0, 0.05) is 9.77 Å². The number of rotatable bonds is 2. The average molecular weight is 289 g/mol.